The van der Waals surface area contributed by atoms with Gasteiger partial charge in [-0.15, -0.1) is 0 Å². The minimum atomic E-state index is -3.02. The van der Waals surface area contributed by atoms with Crippen molar-refractivity contribution in [2.75, 3.05) is 19.1 Å². The molecular formula is C6H10O4S. The molecule has 11 heavy (non-hydrogen) atoms. The van der Waals surface area contributed by atoms with E-state index in [4.69, 9.17) is 0 Å². The Hall–Kier alpha value is -0.840. The minimum Gasteiger partial charge on any atom is -0.466 e. The molecule has 5 heteroatoms. The number of esters is 1. The summed E-state index contributed by atoms with van der Waals surface area (Å²) < 4.78 is 25.2. The van der Waals surface area contributed by atoms with Crippen LogP contribution in [0.3, 0.4) is 0 Å². The van der Waals surface area contributed by atoms with Crippen LogP contribution in [0.15, 0.2) is 12.2 Å². The first-order valence-corrected chi connectivity index (χ1v) is 4.94. The molecule has 0 spiro atoms. The van der Waals surface area contributed by atoms with E-state index in [1.54, 1.807) is 0 Å². The molecule has 0 aliphatic rings. The van der Waals surface area contributed by atoms with Crippen LogP contribution in [0.1, 0.15) is 0 Å². The van der Waals surface area contributed by atoms with Crippen LogP contribution in [0.5, 0.6) is 0 Å². The zero-order valence-corrected chi connectivity index (χ0v) is 7.22. The summed E-state index contributed by atoms with van der Waals surface area (Å²) in [6, 6.07) is 0. The number of carbonyl (C=O) groups excluding carboxylic acids is 1. The highest BCUT2D eigenvalue weighted by Gasteiger charge is 1.97. The number of methoxy groups -OCH3 is 1. The Balaban J connectivity index is 3.89. The molecule has 0 aliphatic heterocycles. The molecule has 0 rings (SSSR count). The van der Waals surface area contributed by atoms with Crippen molar-refractivity contribution in [3.63, 3.8) is 0 Å². The second-order valence-electron chi connectivity index (χ2n) is 2.02. The third kappa shape index (κ3) is 7.05. The second-order valence-corrected chi connectivity index (χ2v) is 4.20. The molecule has 0 unspecified atom stereocenters. The molecule has 0 fully saturated rings. The van der Waals surface area contributed by atoms with Crippen LogP contribution in [0.25, 0.3) is 0 Å². The molecule has 0 saturated carbocycles. The highest BCUT2D eigenvalue weighted by molar-refractivity contribution is 7.90. The Morgan fingerprint density at radius 1 is 1.55 bits per heavy atom. The molecule has 64 valence electrons. The highest BCUT2D eigenvalue weighted by Crippen LogP contribution is 1.85. The summed E-state index contributed by atoms with van der Waals surface area (Å²) in [6.07, 6.45) is 3.43. The fourth-order valence-corrected chi connectivity index (χ4v) is 0.833. The van der Waals surface area contributed by atoms with Gasteiger partial charge in [-0.25, -0.2) is 13.2 Å². The fraction of sp³-hybridized carbons (Fsp3) is 0.500. The maximum absolute atomic E-state index is 10.5. The van der Waals surface area contributed by atoms with Crippen LogP contribution in [0.4, 0.5) is 0 Å². The van der Waals surface area contributed by atoms with Crippen molar-refractivity contribution in [2.45, 2.75) is 0 Å². The van der Waals surface area contributed by atoms with E-state index in [2.05, 4.69) is 4.74 Å². The average Bonchev–Trinajstić information content (AvgIpc) is 1.85. The van der Waals surface area contributed by atoms with Gasteiger partial charge in [0, 0.05) is 12.3 Å². The van der Waals surface area contributed by atoms with E-state index < -0.39 is 15.8 Å². The van der Waals surface area contributed by atoms with Crippen molar-refractivity contribution in [2.24, 2.45) is 0 Å². The molecule has 0 N–H and O–H groups in total. The highest BCUT2D eigenvalue weighted by atomic mass is 32.2. The Labute approximate surface area is 65.8 Å². The van der Waals surface area contributed by atoms with Gasteiger partial charge in [-0.3, -0.25) is 0 Å². The van der Waals surface area contributed by atoms with Gasteiger partial charge in [0.05, 0.1) is 12.9 Å². The largest absolute Gasteiger partial charge is 0.466 e. The van der Waals surface area contributed by atoms with Crippen molar-refractivity contribution < 1.29 is 17.9 Å². The molecule has 0 aromatic heterocycles. The predicted octanol–water partition coefficient (Wildman–Crippen LogP) is -0.240. The molecule has 0 aromatic rings. The van der Waals surface area contributed by atoms with Crippen molar-refractivity contribution >= 4 is 15.8 Å². The van der Waals surface area contributed by atoms with Gasteiger partial charge in [0.25, 0.3) is 0 Å². The van der Waals surface area contributed by atoms with Crippen molar-refractivity contribution in [1.29, 1.82) is 0 Å². The van der Waals surface area contributed by atoms with Crippen LogP contribution in [-0.2, 0) is 19.4 Å². The number of hydrogen-bond donors (Lipinski definition) is 0. The van der Waals surface area contributed by atoms with Crippen molar-refractivity contribution in [3.05, 3.63) is 12.2 Å². The Morgan fingerprint density at radius 3 is 2.45 bits per heavy atom. The van der Waals surface area contributed by atoms with E-state index >= 15 is 0 Å². The van der Waals surface area contributed by atoms with Gasteiger partial charge in [-0.05, 0) is 0 Å². The van der Waals surface area contributed by atoms with Crippen LogP contribution in [0.2, 0.25) is 0 Å². The summed E-state index contributed by atoms with van der Waals surface area (Å²) in [7, 11) is -1.79. The first-order valence-electron chi connectivity index (χ1n) is 2.88. The lowest BCUT2D eigenvalue weighted by atomic mass is 10.5. The summed E-state index contributed by atoms with van der Waals surface area (Å²) in [5, 5.41) is 0. The third-order valence-electron chi connectivity index (χ3n) is 0.854. The molecular weight excluding hydrogens is 168 g/mol. The van der Waals surface area contributed by atoms with E-state index in [1.807, 2.05) is 0 Å². The number of rotatable bonds is 3. The first kappa shape index (κ1) is 10.2. The van der Waals surface area contributed by atoms with E-state index in [-0.39, 0.29) is 5.75 Å². The molecule has 0 heterocycles. The number of sulfone groups is 1. The maximum Gasteiger partial charge on any atom is 0.330 e. The zero-order valence-electron chi connectivity index (χ0n) is 6.40. The van der Waals surface area contributed by atoms with Gasteiger partial charge in [-0.1, -0.05) is 6.08 Å². The monoisotopic (exact) mass is 178 g/mol. The fourth-order valence-electron chi connectivity index (χ4n) is 0.387. The van der Waals surface area contributed by atoms with E-state index in [0.29, 0.717) is 0 Å². The third-order valence-corrected chi connectivity index (χ3v) is 1.65. The van der Waals surface area contributed by atoms with Crippen LogP contribution in [0, 0.1) is 0 Å². The van der Waals surface area contributed by atoms with E-state index in [0.717, 1.165) is 12.3 Å². The maximum atomic E-state index is 10.5. The number of ether oxygens (including phenoxy) is 1. The smallest absolute Gasteiger partial charge is 0.330 e. The van der Waals surface area contributed by atoms with E-state index in [9.17, 15) is 13.2 Å². The summed E-state index contributed by atoms with van der Waals surface area (Å²) in [5.41, 5.74) is 0. The molecule has 0 atom stereocenters. The topological polar surface area (TPSA) is 60.4 Å². The molecule has 0 radical (unpaired) electrons. The summed E-state index contributed by atoms with van der Waals surface area (Å²) in [6.45, 7) is 0. The van der Waals surface area contributed by atoms with Gasteiger partial charge in [0.2, 0.25) is 0 Å². The SMILES string of the molecule is COC(=O)/C=C/CS(C)(=O)=O. The number of carbonyl (C=O) groups is 1. The van der Waals surface area contributed by atoms with Crippen LogP contribution in [-0.4, -0.2) is 33.5 Å². The lowest BCUT2D eigenvalue weighted by Crippen LogP contribution is -2.01. The zero-order chi connectivity index (χ0) is 8.91. The molecule has 0 bridgehead atoms. The van der Waals surface area contributed by atoms with Gasteiger partial charge in [0.15, 0.2) is 9.84 Å². The van der Waals surface area contributed by atoms with Crippen molar-refractivity contribution in [1.82, 2.24) is 0 Å². The Morgan fingerprint density at radius 2 is 2.09 bits per heavy atom. The van der Waals surface area contributed by atoms with Crippen LogP contribution >= 0.6 is 0 Å². The molecule has 0 saturated heterocycles. The minimum absolute atomic E-state index is 0.137. The Bertz CT molecular complexity index is 250. The first-order chi connectivity index (χ1) is 4.95. The second kappa shape index (κ2) is 4.12. The van der Waals surface area contributed by atoms with Crippen molar-refractivity contribution in [3.8, 4) is 0 Å². The van der Waals surface area contributed by atoms with E-state index in [1.165, 1.54) is 13.2 Å². The van der Waals surface area contributed by atoms with Gasteiger partial charge in [0.1, 0.15) is 0 Å². The Kier molecular flexibility index (Phi) is 3.81. The van der Waals surface area contributed by atoms with Gasteiger partial charge < -0.3 is 4.74 Å². The quantitative estimate of drug-likeness (QED) is 0.442. The van der Waals surface area contributed by atoms with Gasteiger partial charge in [-0.2, -0.15) is 0 Å². The molecule has 0 amide bonds. The standard InChI is InChI=1S/C6H10O4S/c1-10-6(7)4-3-5-11(2,8)9/h3-4H,5H2,1-2H3/b4-3+. The lowest BCUT2D eigenvalue weighted by molar-refractivity contribution is -0.134. The lowest BCUT2D eigenvalue weighted by Gasteiger charge is -1.89. The predicted molar refractivity (Wildman–Crippen MR) is 40.9 cm³/mol. The molecule has 0 aliphatic carbocycles. The number of hydrogen-bond acceptors (Lipinski definition) is 4. The average molecular weight is 178 g/mol. The normalized spacial score (nSPS) is 11.8. The summed E-state index contributed by atoms with van der Waals surface area (Å²) in [4.78, 5) is 10.4. The molecule has 0 aromatic carbocycles. The van der Waals surface area contributed by atoms with Crippen LogP contribution < -0.4 is 0 Å². The van der Waals surface area contributed by atoms with Gasteiger partial charge >= 0.3 is 5.97 Å². The molecule has 4 nitrogen and oxygen atoms in total. The summed E-state index contributed by atoms with van der Waals surface area (Å²) >= 11 is 0. The summed E-state index contributed by atoms with van der Waals surface area (Å²) in [5.74, 6) is -0.684.